The summed E-state index contributed by atoms with van der Waals surface area (Å²) in [4.78, 5) is 0. The molecule has 0 aromatic carbocycles. The van der Waals surface area contributed by atoms with Crippen LogP contribution in [0.3, 0.4) is 0 Å². The number of aliphatic hydroxyl groups is 1. The van der Waals surface area contributed by atoms with Gasteiger partial charge in [0.25, 0.3) is 0 Å². The van der Waals surface area contributed by atoms with Crippen molar-refractivity contribution in [2.75, 3.05) is 0 Å². The summed E-state index contributed by atoms with van der Waals surface area (Å²) in [6.45, 7) is 0.905. The normalized spacial score (nSPS) is 16.4. The highest BCUT2D eigenvalue weighted by Gasteiger charge is 2.00. The number of hydrogen-bond donors (Lipinski definition) is 1. The Balaban J connectivity index is 4.10. The monoisotopic (exact) mass is 125 g/mol. The van der Waals surface area contributed by atoms with E-state index >= 15 is 0 Å². The highest BCUT2D eigenvalue weighted by atomic mass is 32.2. The van der Waals surface area contributed by atoms with Crippen molar-refractivity contribution >= 4 is 10.1 Å². The van der Waals surface area contributed by atoms with Crippen LogP contribution in [0.2, 0.25) is 0 Å². The summed E-state index contributed by atoms with van der Waals surface area (Å²) in [6, 6.07) is 0. The lowest BCUT2D eigenvalue weighted by molar-refractivity contribution is 0.249. The molecule has 0 saturated carbocycles. The Bertz CT molecular complexity index is 132. The third kappa shape index (κ3) is 2.55. The maximum Gasteiger partial charge on any atom is 0.140 e. The molecule has 0 saturated heterocycles. The van der Waals surface area contributed by atoms with Gasteiger partial charge in [0.2, 0.25) is 0 Å². The molecular formula is C2H5O4S-. The Morgan fingerprint density at radius 2 is 1.86 bits per heavy atom. The van der Waals surface area contributed by atoms with Gasteiger partial charge in [-0.1, -0.05) is 0 Å². The minimum absolute atomic E-state index is 0.905. The fraction of sp³-hybridized carbons (Fsp3) is 1.00. The van der Waals surface area contributed by atoms with Crippen LogP contribution in [-0.2, 0) is 10.1 Å². The maximum atomic E-state index is 9.53. The molecule has 1 unspecified atom stereocenters. The lowest BCUT2D eigenvalue weighted by Crippen LogP contribution is -2.14. The Labute approximate surface area is 41.5 Å². The number of hydrogen-bond acceptors (Lipinski definition) is 4. The summed E-state index contributed by atoms with van der Waals surface area (Å²) in [7, 11) is -4.44. The molecule has 0 amide bonds. The van der Waals surface area contributed by atoms with E-state index in [1.165, 1.54) is 0 Å². The molecule has 0 rings (SSSR count). The van der Waals surface area contributed by atoms with Gasteiger partial charge in [0.1, 0.15) is 15.6 Å². The molecule has 5 heteroatoms. The second-order valence-electron chi connectivity index (χ2n) is 1.09. The molecular weight excluding hydrogens is 120 g/mol. The van der Waals surface area contributed by atoms with Gasteiger partial charge < -0.3 is 9.66 Å². The first-order valence-corrected chi connectivity index (χ1v) is 3.04. The first kappa shape index (κ1) is 6.87. The lowest BCUT2D eigenvalue weighted by atomic mass is 10.9. The predicted octanol–water partition coefficient (Wildman–Crippen LogP) is -1.13. The van der Waals surface area contributed by atoms with Gasteiger partial charge in [-0.25, -0.2) is 8.42 Å². The molecule has 0 fully saturated rings. The van der Waals surface area contributed by atoms with Gasteiger partial charge in [0.05, 0.1) is 0 Å². The van der Waals surface area contributed by atoms with Crippen LogP contribution in [0.25, 0.3) is 0 Å². The Morgan fingerprint density at radius 1 is 1.71 bits per heavy atom. The first-order chi connectivity index (χ1) is 2.94. The molecule has 0 aliphatic heterocycles. The van der Waals surface area contributed by atoms with Gasteiger partial charge in [-0.05, 0) is 6.92 Å². The van der Waals surface area contributed by atoms with Crippen molar-refractivity contribution in [3.63, 3.8) is 0 Å². The Hall–Kier alpha value is -0.130. The van der Waals surface area contributed by atoms with Gasteiger partial charge in [-0.15, -0.1) is 0 Å². The van der Waals surface area contributed by atoms with E-state index < -0.39 is 15.6 Å². The number of rotatable bonds is 1. The van der Waals surface area contributed by atoms with E-state index in [2.05, 4.69) is 0 Å². The zero-order valence-electron chi connectivity index (χ0n) is 3.66. The maximum absolute atomic E-state index is 9.53. The van der Waals surface area contributed by atoms with E-state index in [9.17, 15) is 13.0 Å². The van der Waals surface area contributed by atoms with Crippen LogP contribution >= 0.6 is 0 Å². The zero-order valence-corrected chi connectivity index (χ0v) is 4.47. The molecule has 0 bridgehead atoms. The quantitative estimate of drug-likeness (QED) is 0.450. The van der Waals surface area contributed by atoms with Crippen LogP contribution in [-0.4, -0.2) is 23.5 Å². The van der Waals surface area contributed by atoms with Crippen molar-refractivity contribution in [3.8, 4) is 0 Å². The molecule has 44 valence electrons. The average molecular weight is 125 g/mol. The smallest absolute Gasteiger partial charge is 0.140 e. The van der Waals surface area contributed by atoms with Crippen LogP contribution in [0.15, 0.2) is 0 Å². The molecule has 1 atom stereocenters. The molecule has 1 N–H and O–H groups in total. The highest BCUT2D eigenvalue weighted by Crippen LogP contribution is 1.87. The van der Waals surface area contributed by atoms with Crippen LogP contribution in [0.1, 0.15) is 6.92 Å². The average Bonchev–Trinajstić information content (AvgIpc) is 1.31. The predicted molar refractivity (Wildman–Crippen MR) is 21.4 cm³/mol. The van der Waals surface area contributed by atoms with E-state index in [0.717, 1.165) is 6.92 Å². The lowest BCUT2D eigenvalue weighted by Gasteiger charge is -2.07. The molecule has 0 aliphatic rings. The summed E-state index contributed by atoms with van der Waals surface area (Å²) >= 11 is 0. The molecule has 0 spiro atoms. The van der Waals surface area contributed by atoms with Crippen LogP contribution in [0.5, 0.6) is 0 Å². The summed E-state index contributed by atoms with van der Waals surface area (Å²) < 4.78 is 28.6. The van der Waals surface area contributed by atoms with Crippen molar-refractivity contribution < 1.29 is 18.1 Å². The van der Waals surface area contributed by atoms with Gasteiger partial charge in [-0.3, -0.25) is 0 Å². The molecule has 0 aromatic heterocycles. The standard InChI is InChI=1S/C2H6O4S/c1-2(3)7(4,5)6/h2-3H,1H3,(H,4,5,6)/p-1. The molecule has 0 aliphatic carbocycles. The third-order valence-electron chi connectivity index (χ3n) is 0.418. The molecule has 0 heterocycles. The third-order valence-corrected chi connectivity index (χ3v) is 1.25. The van der Waals surface area contributed by atoms with Crippen molar-refractivity contribution in [3.05, 3.63) is 0 Å². The Kier molecular flexibility index (Phi) is 1.74. The fourth-order valence-electron chi connectivity index (χ4n) is 0. The van der Waals surface area contributed by atoms with E-state index in [1.807, 2.05) is 0 Å². The van der Waals surface area contributed by atoms with Crippen LogP contribution in [0, 0.1) is 0 Å². The van der Waals surface area contributed by atoms with Crippen molar-refractivity contribution in [1.82, 2.24) is 0 Å². The van der Waals surface area contributed by atoms with Gasteiger partial charge in [0, 0.05) is 0 Å². The molecule has 7 heavy (non-hydrogen) atoms. The summed E-state index contributed by atoms with van der Waals surface area (Å²) in [5.74, 6) is 0. The number of aliphatic hydroxyl groups excluding tert-OH is 1. The largest absolute Gasteiger partial charge is 0.746 e. The van der Waals surface area contributed by atoms with Crippen molar-refractivity contribution in [1.29, 1.82) is 0 Å². The Morgan fingerprint density at radius 3 is 1.86 bits per heavy atom. The second-order valence-corrected chi connectivity index (χ2v) is 2.76. The zero-order chi connectivity index (χ0) is 6.08. The minimum Gasteiger partial charge on any atom is -0.746 e. The second kappa shape index (κ2) is 1.77. The summed E-state index contributed by atoms with van der Waals surface area (Å²) in [6.07, 6.45) is 0. The molecule has 0 aromatic rings. The molecule has 4 nitrogen and oxygen atoms in total. The molecule has 0 radical (unpaired) electrons. The van der Waals surface area contributed by atoms with Crippen LogP contribution in [0.4, 0.5) is 0 Å². The van der Waals surface area contributed by atoms with Crippen molar-refractivity contribution in [2.24, 2.45) is 0 Å². The summed E-state index contributed by atoms with van der Waals surface area (Å²) in [5, 5.41) is 7.99. The van der Waals surface area contributed by atoms with E-state index in [0.29, 0.717) is 0 Å². The van der Waals surface area contributed by atoms with Gasteiger partial charge in [-0.2, -0.15) is 0 Å². The minimum atomic E-state index is -4.44. The summed E-state index contributed by atoms with van der Waals surface area (Å²) in [5.41, 5.74) is -1.78. The van der Waals surface area contributed by atoms with E-state index in [4.69, 9.17) is 5.11 Å². The van der Waals surface area contributed by atoms with Gasteiger partial charge in [0.15, 0.2) is 0 Å². The SMILES string of the molecule is CC(O)S(=O)(=O)[O-]. The fourth-order valence-corrected chi connectivity index (χ4v) is 0. The van der Waals surface area contributed by atoms with Gasteiger partial charge >= 0.3 is 0 Å². The highest BCUT2D eigenvalue weighted by molar-refractivity contribution is 7.86. The van der Waals surface area contributed by atoms with E-state index in [1.54, 1.807) is 0 Å². The van der Waals surface area contributed by atoms with E-state index in [-0.39, 0.29) is 0 Å². The van der Waals surface area contributed by atoms with Crippen LogP contribution < -0.4 is 0 Å². The van der Waals surface area contributed by atoms with Crippen molar-refractivity contribution in [2.45, 2.75) is 12.4 Å². The first-order valence-electron chi connectivity index (χ1n) is 1.57. The topological polar surface area (TPSA) is 77.4 Å².